The fraction of sp³-hybridized carbons (Fsp3) is 0.684. The van der Waals surface area contributed by atoms with E-state index >= 15 is 0 Å². The summed E-state index contributed by atoms with van der Waals surface area (Å²) in [6.07, 6.45) is 8.73. The molecule has 1 fully saturated rings. The third-order valence-electron chi connectivity index (χ3n) is 3.50. The molecule has 1 aliphatic carbocycles. The molecule has 118 valence electrons. The molecule has 0 heterocycles. The van der Waals surface area contributed by atoms with E-state index in [1.165, 1.54) is 24.0 Å². The van der Waals surface area contributed by atoms with Gasteiger partial charge in [0.1, 0.15) is 0 Å². The predicted octanol–water partition coefficient (Wildman–Crippen LogP) is 5.90. The molecule has 2 atom stereocenters. The van der Waals surface area contributed by atoms with Crippen molar-refractivity contribution in [2.45, 2.75) is 73.3 Å². The average Bonchev–Trinajstić information content (AvgIpc) is 2.84. The fourth-order valence-electron chi connectivity index (χ4n) is 2.12. The first kappa shape index (κ1) is 21.5. The molecule has 1 saturated carbocycles. The lowest BCUT2D eigenvalue weighted by Gasteiger charge is -2.13. The van der Waals surface area contributed by atoms with Crippen molar-refractivity contribution in [3.05, 3.63) is 36.5 Å². The third-order valence-corrected chi connectivity index (χ3v) is 3.50. The van der Waals surface area contributed by atoms with Gasteiger partial charge in [0.05, 0.1) is 0 Å². The van der Waals surface area contributed by atoms with E-state index in [1.807, 2.05) is 33.8 Å². The van der Waals surface area contributed by atoms with E-state index < -0.39 is 0 Å². The van der Waals surface area contributed by atoms with E-state index in [-0.39, 0.29) is 0 Å². The normalized spacial score (nSPS) is 20.6. The van der Waals surface area contributed by atoms with Gasteiger partial charge in [-0.1, -0.05) is 78.8 Å². The van der Waals surface area contributed by atoms with Gasteiger partial charge in [-0.15, -0.1) is 0 Å². The minimum absolute atomic E-state index is 0.600. The van der Waals surface area contributed by atoms with Crippen LogP contribution in [-0.2, 0) is 0 Å². The monoisotopic (exact) mass is 279 g/mol. The molecule has 0 spiro atoms. The summed E-state index contributed by atoms with van der Waals surface area (Å²) in [4.78, 5) is 0. The minimum atomic E-state index is 0.600. The summed E-state index contributed by atoms with van der Waals surface area (Å²) in [5, 5.41) is 3.63. The van der Waals surface area contributed by atoms with E-state index in [9.17, 15) is 0 Å². The summed E-state index contributed by atoms with van der Waals surface area (Å²) in [5.74, 6) is 0.834. The molecule has 0 aromatic heterocycles. The van der Waals surface area contributed by atoms with Crippen molar-refractivity contribution < 1.29 is 0 Å². The minimum Gasteiger partial charge on any atom is -0.313 e. The van der Waals surface area contributed by atoms with E-state index in [2.05, 4.69) is 38.4 Å². The molecule has 0 aromatic carbocycles. The Balaban J connectivity index is 0. The Kier molecular flexibility index (Phi) is 15.7. The van der Waals surface area contributed by atoms with Crippen molar-refractivity contribution in [3.63, 3.8) is 0 Å². The van der Waals surface area contributed by atoms with Crippen LogP contribution in [0, 0.1) is 5.92 Å². The first-order valence-electron chi connectivity index (χ1n) is 8.40. The molecule has 0 radical (unpaired) electrons. The maximum atomic E-state index is 4.11. The van der Waals surface area contributed by atoms with Gasteiger partial charge in [-0.3, -0.25) is 0 Å². The number of hydrogen-bond donors (Lipinski definition) is 1. The SMILES string of the molecule is C=C/C=C1/CC(NCCC(C)CC)CC1=C.CC.CC. The molecule has 1 heteroatoms. The second-order valence-electron chi connectivity index (χ2n) is 4.89. The number of nitrogens with one attached hydrogen (secondary N) is 1. The van der Waals surface area contributed by atoms with Crippen LogP contribution in [-0.4, -0.2) is 12.6 Å². The van der Waals surface area contributed by atoms with Crippen LogP contribution in [0.2, 0.25) is 0 Å². The van der Waals surface area contributed by atoms with Crippen LogP contribution in [0.3, 0.4) is 0 Å². The second kappa shape index (κ2) is 14.6. The Labute approximate surface area is 128 Å². The number of hydrogen-bond acceptors (Lipinski definition) is 1. The van der Waals surface area contributed by atoms with Gasteiger partial charge in [0, 0.05) is 6.04 Å². The molecule has 1 N–H and O–H groups in total. The summed E-state index contributed by atoms with van der Waals surface area (Å²) in [6, 6.07) is 0.600. The standard InChI is InChI=1S/C15H25N.2C2H6/c1-5-7-14-11-15(10-13(14)4)16-9-8-12(3)6-2;2*1-2/h5,7,12,15-16H,1,4,6,8-11H2,2-3H3;2*1-2H3/b14-7-;;. The fourth-order valence-corrected chi connectivity index (χ4v) is 2.12. The van der Waals surface area contributed by atoms with E-state index in [0.717, 1.165) is 25.3 Å². The van der Waals surface area contributed by atoms with Gasteiger partial charge in [-0.2, -0.15) is 0 Å². The van der Waals surface area contributed by atoms with Crippen LogP contribution >= 0.6 is 0 Å². The molecule has 0 saturated heterocycles. The average molecular weight is 280 g/mol. The van der Waals surface area contributed by atoms with Gasteiger partial charge in [-0.05, 0) is 37.3 Å². The molecule has 20 heavy (non-hydrogen) atoms. The first-order valence-corrected chi connectivity index (χ1v) is 8.40. The molecule has 1 aliphatic rings. The molecular formula is C19H37N. The maximum absolute atomic E-state index is 4.11. The Morgan fingerprint density at radius 1 is 1.25 bits per heavy atom. The van der Waals surface area contributed by atoms with Crippen molar-refractivity contribution in [2.75, 3.05) is 6.54 Å². The van der Waals surface area contributed by atoms with Gasteiger partial charge < -0.3 is 5.32 Å². The summed E-state index contributed by atoms with van der Waals surface area (Å²) >= 11 is 0. The number of rotatable bonds is 6. The molecule has 0 bridgehead atoms. The van der Waals surface area contributed by atoms with Crippen LogP contribution in [0.1, 0.15) is 67.2 Å². The molecular weight excluding hydrogens is 242 g/mol. The van der Waals surface area contributed by atoms with Crippen molar-refractivity contribution >= 4 is 0 Å². The van der Waals surface area contributed by atoms with Crippen LogP contribution < -0.4 is 5.32 Å². The van der Waals surface area contributed by atoms with Gasteiger partial charge in [0.2, 0.25) is 0 Å². The first-order chi connectivity index (χ1) is 9.67. The zero-order chi connectivity index (χ0) is 16.0. The van der Waals surface area contributed by atoms with Gasteiger partial charge in [0.15, 0.2) is 0 Å². The highest BCUT2D eigenvalue weighted by Crippen LogP contribution is 2.29. The third kappa shape index (κ3) is 9.14. The topological polar surface area (TPSA) is 12.0 Å². The molecule has 1 rings (SSSR count). The van der Waals surface area contributed by atoms with Crippen molar-refractivity contribution in [1.82, 2.24) is 5.32 Å². The Morgan fingerprint density at radius 2 is 1.85 bits per heavy atom. The van der Waals surface area contributed by atoms with Gasteiger partial charge in [0.25, 0.3) is 0 Å². The van der Waals surface area contributed by atoms with Crippen molar-refractivity contribution in [3.8, 4) is 0 Å². The zero-order valence-corrected chi connectivity index (χ0v) is 14.8. The lowest BCUT2D eigenvalue weighted by molar-refractivity contribution is 0.454. The zero-order valence-electron chi connectivity index (χ0n) is 14.8. The highest BCUT2D eigenvalue weighted by atomic mass is 14.9. The second-order valence-corrected chi connectivity index (χ2v) is 4.89. The molecule has 0 aliphatic heterocycles. The molecule has 2 unspecified atom stereocenters. The Morgan fingerprint density at radius 3 is 2.35 bits per heavy atom. The van der Waals surface area contributed by atoms with E-state index in [1.54, 1.807) is 0 Å². The summed E-state index contributed by atoms with van der Waals surface area (Å²) in [6.45, 7) is 21.6. The number of allylic oxidation sites excluding steroid dienone is 2. The molecule has 0 amide bonds. The predicted molar refractivity (Wildman–Crippen MR) is 95.2 cm³/mol. The summed E-state index contributed by atoms with van der Waals surface area (Å²) < 4.78 is 0. The summed E-state index contributed by atoms with van der Waals surface area (Å²) in [7, 11) is 0. The van der Waals surface area contributed by atoms with Crippen molar-refractivity contribution in [1.29, 1.82) is 0 Å². The molecule has 1 nitrogen and oxygen atoms in total. The largest absolute Gasteiger partial charge is 0.313 e. The Hall–Kier alpha value is -0.820. The lowest BCUT2D eigenvalue weighted by Crippen LogP contribution is -2.28. The van der Waals surface area contributed by atoms with Crippen LogP contribution in [0.5, 0.6) is 0 Å². The Bertz CT molecular complexity index is 275. The van der Waals surface area contributed by atoms with Crippen LogP contribution in [0.25, 0.3) is 0 Å². The van der Waals surface area contributed by atoms with E-state index in [4.69, 9.17) is 0 Å². The van der Waals surface area contributed by atoms with Crippen LogP contribution in [0.15, 0.2) is 36.5 Å². The lowest BCUT2D eigenvalue weighted by atomic mass is 10.1. The van der Waals surface area contributed by atoms with Gasteiger partial charge in [-0.25, -0.2) is 0 Å². The smallest absolute Gasteiger partial charge is 0.0148 e. The van der Waals surface area contributed by atoms with Gasteiger partial charge >= 0.3 is 0 Å². The van der Waals surface area contributed by atoms with E-state index in [0.29, 0.717) is 6.04 Å². The highest BCUT2D eigenvalue weighted by Gasteiger charge is 2.21. The quantitative estimate of drug-likeness (QED) is 0.638. The van der Waals surface area contributed by atoms with Crippen LogP contribution in [0.4, 0.5) is 0 Å². The highest BCUT2D eigenvalue weighted by molar-refractivity contribution is 5.37. The maximum Gasteiger partial charge on any atom is 0.0148 e. The molecule has 0 aromatic rings. The van der Waals surface area contributed by atoms with Crippen molar-refractivity contribution in [2.24, 2.45) is 5.92 Å². The summed E-state index contributed by atoms with van der Waals surface area (Å²) in [5.41, 5.74) is 2.65.